The third-order valence-corrected chi connectivity index (χ3v) is 7.15. The van der Waals surface area contributed by atoms with E-state index in [0.717, 1.165) is 22.3 Å². The second-order valence-corrected chi connectivity index (χ2v) is 8.90. The number of rotatable bonds is 11. The Balaban J connectivity index is 1.66. The van der Waals surface area contributed by atoms with Crippen LogP contribution in [0.5, 0.6) is 0 Å². The highest BCUT2D eigenvalue weighted by Crippen LogP contribution is 2.44. The Morgan fingerprint density at radius 3 is 2.03 bits per heavy atom. The molecular formula is C27H34N2O6. The summed E-state index contributed by atoms with van der Waals surface area (Å²) in [6.07, 6.45) is -0.670. The summed E-state index contributed by atoms with van der Waals surface area (Å²) in [5, 5.41) is 14.9. The molecule has 8 nitrogen and oxygen atoms in total. The van der Waals surface area contributed by atoms with Crippen LogP contribution in [0.2, 0.25) is 0 Å². The molecular weight excluding hydrogens is 448 g/mol. The first-order valence-corrected chi connectivity index (χ1v) is 11.9. The number of carbonyl (C=O) groups is 3. The zero-order chi connectivity index (χ0) is 25.6. The second kappa shape index (κ2) is 11.4. The number of hydrogen-bond donors (Lipinski definition) is 3. The van der Waals surface area contributed by atoms with Crippen molar-refractivity contribution in [2.75, 3.05) is 20.3 Å². The number of carboxylic acid groups (broad SMARTS) is 1. The van der Waals surface area contributed by atoms with E-state index in [1.807, 2.05) is 36.4 Å². The summed E-state index contributed by atoms with van der Waals surface area (Å²) in [6, 6.07) is 15.0. The van der Waals surface area contributed by atoms with Gasteiger partial charge in [0, 0.05) is 19.6 Å². The van der Waals surface area contributed by atoms with Crippen molar-refractivity contribution >= 4 is 18.0 Å². The summed E-state index contributed by atoms with van der Waals surface area (Å²) in [4.78, 5) is 37.4. The predicted molar refractivity (Wildman–Crippen MR) is 132 cm³/mol. The lowest BCUT2D eigenvalue weighted by Crippen LogP contribution is -2.55. The third kappa shape index (κ3) is 5.48. The Labute approximate surface area is 206 Å². The zero-order valence-corrected chi connectivity index (χ0v) is 20.7. The van der Waals surface area contributed by atoms with Gasteiger partial charge in [-0.3, -0.25) is 9.59 Å². The van der Waals surface area contributed by atoms with E-state index in [2.05, 4.69) is 22.8 Å². The molecule has 2 amide bonds. The maximum absolute atomic E-state index is 12.9. The van der Waals surface area contributed by atoms with E-state index in [9.17, 15) is 19.5 Å². The lowest BCUT2D eigenvalue weighted by Gasteiger charge is -2.29. The molecule has 3 N–H and O–H groups in total. The minimum atomic E-state index is -1.07. The minimum absolute atomic E-state index is 0.0481. The van der Waals surface area contributed by atoms with Gasteiger partial charge in [0.2, 0.25) is 5.91 Å². The van der Waals surface area contributed by atoms with Crippen molar-refractivity contribution in [1.82, 2.24) is 10.6 Å². The summed E-state index contributed by atoms with van der Waals surface area (Å²) >= 11 is 0. The monoisotopic (exact) mass is 482 g/mol. The average Bonchev–Trinajstić information content (AvgIpc) is 3.19. The van der Waals surface area contributed by atoms with Crippen molar-refractivity contribution < 1.29 is 29.0 Å². The summed E-state index contributed by atoms with van der Waals surface area (Å²) in [6.45, 7) is 5.26. The van der Waals surface area contributed by atoms with Gasteiger partial charge in [-0.2, -0.15) is 0 Å². The number of ether oxygens (including phenoxy) is 2. The zero-order valence-electron chi connectivity index (χ0n) is 20.7. The highest BCUT2D eigenvalue weighted by atomic mass is 16.5. The average molecular weight is 483 g/mol. The molecule has 0 bridgehead atoms. The molecule has 3 rings (SSSR count). The number of alkyl carbamates (subject to hydrolysis) is 1. The maximum atomic E-state index is 12.9. The molecule has 1 aliphatic carbocycles. The molecule has 0 fully saturated rings. The molecule has 0 unspecified atom stereocenters. The Bertz CT molecular complexity index is 1020. The van der Waals surface area contributed by atoms with Gasteiger partial charge in [-0.25, -0.2) is 4.79 Å². The summed E-state index contributed by atoms with van der Waals surface area (Å²) in [5.41, 5.74) is 3.35. The van der Waals surface area contributed by atoms with Crippen LogP contribution in [0.1, 0.15) is 50.7 Å². The third-order valence-electron chi connectivity index (χ3n) is 7.15. The van der Waals surface area contributed by atoms with Crippen LogP contribution in [0.3, 0.4) is 0 Å². The minimum Gasteiger partial charge on any atom is -0.481 e. The fourth-order valence-electron chi connectivity index (χ4n) is 4.54. The molecule has 0 saturated heterocycles. The number of amides is 2. The van der Waals surface area contributed by atoms with Gasteiger partial charge < -0.3 is 25.2 Å². The maximum Gasteiger partial charge on any atom is 0.407 e. The van der Waals surface area contributed by atoms with Crippen LogP contribution in [-0.4, -0.2) is 55.5 Å². The lowest BCUT2D eigenvalue weighted by atomic mass is 9.82. The fourth-order valence-corrected chi connectivity index (χ4v) is 4.54. The van der Waals surface area contributed by atoms with Gasteiger partial charge in [-0.1, -0.05) is 62.4 Å². The summed E-state index contributed by atoms with van der Waals surface area (Å²) in [7, 11) is 1.43. The van der Waals surface area contributed by atoms with Crippen LogP contribution in [0, 0.1) is 5.41 Å². The van der Waals surface area contributed by atoms with E-state index in [-0.39, 0.29) is 19.1 Å². The number of hydrogen-bond acceptors (Lipinski definition) is 5. The largest absolute Gasteiger partial charge is 0.481 e. The van der Waals surface area contributed by atoms with Crippen molar-refractivity contribution in [3.8, 4) is 11.1 Å². The Morgan fingerprint density at radius 1 is 1.00 bits per heavy atom. The Morgan fingerprint density at radius 2 is 1.54 bits per heavy atom. The van der Waals surface area contributed by atoms with E-state index in [1.165, 1.54) is 7.11 Å². The molecule has 0 radical (unpaired) electrons. The van der Waals surface area contributed by atoms with Gasteiger partial charge in [0.05, 0.1) is 11.5 Å². The normalized spacial score (nSPS) is 14.4. The molecule has 0 aromatic heterocycles. The lowest BCUT2D eigenvalue weighted by molar-refractivity contribution is -0.149. The molecule has 0 heterocycles. The van der Waals surface area contributed by atoms with E-state index in [4.69, 9.17) is 9.47 Å². The first kappa shape index (κ1) is 26.2. The van der Waals surface area contributed by atoms with Crippen molar-refractivity contribution in [3.63, 3.8) is 0 Å². The van der Waals surface area contributed by atoms with Crippen LogP contribution in [0.15, 0.2) is 48.5 Å². The summed E-state index contributed by atoms with van der Waals surface area (Å²) < 4.78 is 10.9. The highest BCUT2D eigenvalue weighted by Gasteiger charge is 2.37. The summed E-state index contributed by atoms with van der Waals surface area (Å²) in [5.74, 6) is -1.60. The van der Waals surface area contributed by atoms with Gasteiger partial charge in [-0.05, 0) is 42.0 Å². The first-order chi connectivity index (χ1) is 16.8. The quantitative estimate of drug-likeness (QED) is 0.447. The van der Waals surface area contributed by atoms with Gasteiger partial charge in [0.1, 0.15) is 12.6 Å². The van der Waals surface area contributed by atoms with Crippen molar-refractivity contribution in [3.05, 3.63) is 59.7 Å². The van der Waals surface area contributed by atoms with Crippen LogP contribution in [-0.2, 0) is 19.1 Å². The Hall–Kier alpha value is -3.39. The van der Waals surface area contributed by atoms with Crippen LogP contribution in [0.4, 0.5) is 4.79 Å². The fraction of sp³-hybridized carbons (Fsp3) is 0.444. The molecule has 2 atom stereocenters. The molecule has 0 saturated carbocycles. The van der Waals surface area contributed by atoms with Gasteiger partial charge in [0.25, 0.3) is 0 Å². The highest BCUT2D eigenvalue weighted by molar-refractivity contribution is 5.87. The van der Waals surface area contributed by atoms with Crippen LogP contribution < -0.4 is 10.6 Å². The molecule has 188 valence electrons. The molecule has 0 spiro atoms. The van der Waals surface area contributed by atoms with E-state index in [0.29, 0.717) is 12.8 Å². The molecule has 0 aliphatic heterocycles. The van der Waals surface area contributed by atoms with E-state index < -0.39 is 35.5 Å². The predicted octanol–water partition coefficient (Wildman–Crippen LogP) is 3.94. The first-order valence-electron chi connectivity index (χ1n) is 11.9. The van der Waals surface area contributed by atoms with Gasteiger partial charge in [-0.15, -0.1) is 0 Å². The SMILES string of the molecule is CCC(CC)(CNC(=O)[C@@H](NC(=O)OCC1c2ccccc2-c2ccccc21)[C@@H](C)OC)C(=O)O. The number of methoxy groups -OCH3 is 1. The standard InChI is InChI=1S/C27H34N2O6/c1-5-27(6-2,25(31)32)16-28-24(30)23(17(3)34-4)29-26(33)35-15-22-20-13-9-7-11-18(20)19-12-8-10-14-21(19)22/h7-14,17,22-23H,5-6,15-16H2,1-4H3,(H,28,30)(H,29,33)(H,31,32)/t17-,23+/m1/s1. The smallest absolute Gasteiger partial charge is 0.407 e. The van der Waals surface area contributed by atoms with Crippen LogP contribution in [0.25, 0.3) is 11.1 Å². The van der Waals surface area contributed by atoms with E-state index >= 15 is 0 Å². The molecule has 2 aromatic rings. The number of carboxylic acids is 1. The Kier molecular flexibility index (Phi) is 8.51. The number of nitrogens with one attached hydrogen (secondary N) is 2. The van der Waals surface area contributed by atoms with Gasteiger partial charge in [0.15, 0.2) is 0 Å². The molecule has 1 aliphatic rings. The topological polar surface area (TPSA) is 114 Å². The number of benzene rings is 2. The van der Waals surface area contributed by atoms with Crippen molar-refractivity contribution in [2.45, 2.75) is 51.7 Å². The van der Waals surface area contributed by atoms with Crippen LogP contribution >= 0.6 is 0 Å². The van der Waals surface area contributed by atoms with Crippen molar-refractivity contribution in [1.29, 1.82) is 0 Å². The number of carbonyl (C=O) groups excluding carboxylic acids is 2. The number of aliphatic carboxylic acids is 1. The second-order valence-electron chi connectivity index (χ2n) is 8.90. The molecule has 2 aromatic carbocycles. The molecule has 8 heteroatoms. The number of fused-ring (bicyclic) bond motifs is 3. The molecule has 35 heavy (non-hydrogen) atoms. The van der Waals surface area contributed by atoms with Crippen molar-refractivity contribution in [2.24, 2.45) is 5.41 Å². The van der Waals surface area contributed by atoms with E-state index in [1.54, 1.807) is 20.8 Å². The van der Waals surface area contributed by atoms with Gasteiger partial charge >= 0.3 is 12.1 Å².